The third-order valence-corrected chi connectivity index (χ3v) is 3.59. The van der Waals surface area contributed by atoms with E-state index in [0.717, 1.165) is 23.0 Å². The monoisotopic (exact) mass is 305 g/mol. The molecule has 1 heterocycles. The lowest BCUT2D eigenvalue weighted by Gasteiger charge is -2.18. The summed E-state index contributed by atoms with van der Waals surface area (Å²) in [5, 5.41) is 3.47. The second-order valence-corrected chi connectivity index (χ2v) is 4.93. The maximum atomic E-state index is 4.09. The van der Waals surface area contributed by atoms with Gasteiger partial charge in [0.1, 0.15) is 6.33 Å². The zero-order valence-electron chi connectivity index (χ0n) is 10.3. The van der Waals surface area contributed by atoms with Gasteiger partial charge < -0.3 is 5.32 Å². The average Bonchev–Trinajstić information content (AvgIpc) is 2.42. The second kappa shape index (κ2) is 6.61. The van der Waals surface area contributed by atoms with E-state index in [1.165, 1.54) is 5.56 Å². The number of nitrogens with one attached hydrogen (secondary N) is 1. The van der Waals surface area contributed by atoms with Gasteiger partial charge in [0.25, 0.3) is 0 Å². The van der Waals surface area contributed by atoms with E-state index in [4.69, 9.17) is 0 Å². The largest absolute Gasteiger partial charge is 0.310 e. The number of hydrogen-bond donors (Lipinski definition) is 1. The van der Waals surface area contributed by atoms with Gasteiger partial charge in [0, 0.05) is 28.5 Å². The first-order chi connectivity index (χ1) is 8.81. The number of aromatic nitrogens is 2. The van der Waals surface area contributed by atoms with Crippen molar-refractivity contribution in [1.82, 2.24) is 15.3 Å². The Bertz CT molecular complexity index is 487. The molecule has 0 amide bonds. The standard InChI is InChI=1S/C14H16BrN3/c1-2-18-14(12-8-16-10-17-9-12)7-11-5-3-4-6-13(11)15/h3-6,8-10,14,18H,2,7H2,1H3. The zero-order valence-corrected chi connectivity index (χ0v) is 11.9. The molecule has 1 aromatic heterocycles. The molecular formula is C14H16BrN3. The fourth-order valence-electron chi connectivity index (χ4n) is 1.93. The number of halogens is 1. The molecule has 0 aliphatic carbocycles. The van der Waals surface area contributed by atoms with Crippen molar-refractivity contribution in [3.05, 3.63) is 58.6 Å². The molecule has 1 aromatic carbocycles. The Kier molecular flexibility index (Phi) is 4.84. The molecule has 1 atom stereocenters. The predicted octanol–water partition coefficient (Wildman–Crippen LogP) is 3.13. The van der Waals surface area contributed by atoms with Crippen LogP contribution >= 0.6 is 15.9 Å². The normalized spacial score (nSPS) is 12.3. The molecule has 0 saturated heterocycles. The summed E-state index contributed by atoms with van der Waals surface area (Å²) < 4.78 is 1.14. The predicted molar refractivity (Wildman–Crippen MR) is 76.3 cm³/mol. The fraction of sp³-hybridized carbons (Fsp3) is 0.286. The highest BCUT2D eigenvalue weighted by Crippen LogP contribution is 2.23. The van der Waals surface area contributed by atoms with Crippen LogP contribution in [0.1, 0.15) is 24.1 Å². The summed E-state index contributed by atoms with van der Waals surface area (Å²) in [6, 6.07) is 8.54. The molecule has 1 N–H and O–H groups in total. The number of nitrogens with zero attached hydrogens (tertiary/aromatic N) is 2. The Balaban J connectivity index is 2.19. The van der Waals surface area contributed by atoms with Crippen LogP contribution in [0, 0.1) is 0 Å². The summed E-state index contributed by atoms with van der Waals surface area (Å²) in [7, 11) is 0. The topological polar surface area (TPSA) is 37.8 Å². The van der Waals surface area contributed by atoms with E-state index in [0.29, 0.717) is 0 Å². The van der Waals surface area contributed by atoms with Gasteiger partial charge in [-0.3, -0.25) is 0 Å². The highest BCUT2D eigenvalue weighted by molar-refractivity contribution is 9.10. The van der Waals surface area contributed by atoms with E-state index in [9.17, 15) is 0 Å². The molecular weight excluding hydrogens is 290 g/mol. The first kappa shape index (κ1) is 13.2. The molecule has 0 saturated carbocycles. The summed E-state index contributed by atoms with van der Waals surface area (Å²) in [6.45, 7) is 3.03. The van der Waals surface area contributed by atoms with E-state index in [1.807, 2.05) is 18.5 Å². The van der Waals surface area contributed by atoms with Crippen LogP contribution < -0.4 is 5.32 Å². The van der Waals surface area contributed by atoms with Gasteiger partial charge in [-0.1, -0.05) is 41.1 Å². The number of hydrogen-bond acceptors (Lipinski definition) is 3. The Labute approximate surface area is 116 Å². The van der Waals surface area contributed by atoms with Crippen LogP contribution in [0.3, 0.4) is 0 Å². The molecule has 0 aliphatic rings. The van der Waals surface area contributed by atoms with E-state index >= 15 is 0 Å². The van der Waals surface area contributed by atoms with Crippen molar-refractivity contribution in [2.75, 3.05) is 6.54 Å². The molecule has 1 unspecified atom stereocenters. The molecule has 2 rings (SSSR count). The number of likely N-dealkylation sites (N-methyl/N-ethyl adjacent to an activating group) is 1. The fourth-order valence-corrected chi connectivity index (χ4v) is 2.38. The molecule has 0 radical (unpaired) electrons. The summed E-state index contributed by atoms with van der Waals surface area (Å²) in [4.78, 5) is 8.18. The Morgan fingerprint density at radius 2 is 1.94 bits per heavy atom. The summed E-state index contributed by atoms with van der Waals surface area (Å²) >= 11 is 3.59. The first-order valence-corrected chi connectivity index (χ1v) is 6.82. The first-order valence-electron chi connectivity index (χ1n) is 6.03. The van der Waals surface area contributed by atoms with Gasteiger partial charge in [-0.15, -0.1) is 0 Å². The number of rotatable bonds is 5. The average molecular weight is 306 g/mol. The SMILES string of the molecule is CCNC(Cc1ccccc1Br)c1cncnc1. The molecule has 0 spiro atoms. The highest BCUT2D eigenvalue weighted by Gasteiger charge is 2.12. The summed E-state index contributed by atoms with van der Waals surface area (Å²) in [5.41, 5.74) is 2.41. The lowest BCUT2D eigenvalue weighted by molar-refractivity contribution is 0.545. The Morgan fingerprint density at radius 3 is 2.61 bits per heavy atom. The summed E-state index contributed by atoms with van der Waals surface area (Å²) in [6.07, 6.45) is 6.22. The molecule has 94 valence electrons. The van der Waals surface area contributed by atoms with Crippen LogP contribution in [0.2, 0.25) is 0 Å². The molecule has 4 heteroatoms. The molecule has 0 fully saturated rings. The maximum Gasteiger partial charge on any atom is 0.115 e. The van der Waals surface area contributed by atoms with E-state index < -0.39 is 0 Å². The van der Waals surface area contributed by atoms with E-state index in [1.54, 1.807) is 6.33 Å². The highest BCUT2D eigenvalue weighted by atomic mass is 79.9. The van der Waals surface area contributed by atoms with Crippen LogP contribution in [0.15, 0.2) is 47.5 Å². The van der Waals surface area contributed by atoms with Crippen LogP contribution in [-0.4, -0.2) is 16.5 Å². The van der Waals surface area contributed by atoms with Crippen LogP contribution in [0.25, 0.3) is 0 Å². The van der Waals surface area contributed by atoms with E-state index in [-0.39, 0.29) is 6.04 Å². The summed E-state index contributed by atoms with van der Waals surface area (Å²) in [5.74, 6) is 0. The number of benzene rings is 1. The van der Waals surface area contributed by atoms with Gasteiger partial charge in [-0.25, -0.2) is 9.97 Å². The molecule has 0 bridgehead atoms. The van der Waals surface area contributed by atoms with Gasteiger partial charge in [-0.2, -0.15) is 0 Å². The van der Waals surface area contributed by atoms with Crippen LogP contribution in [-0.2, 0) is 6.42 Å². The lowest BCUT2D eigenvalue weighted by Crippen LogP contribution is -2.23. The maximum absolute atomic E-state index is 4.09. The van der Waals surface area contributed by atoms with Crippen molar-refractivity contribution in [3.63, 3.8) is 0 Å². The minimum atomic E-state index is 0.245. The van der Waals surface area contributed by atoms with Crippen LogP contribution in [0.5, 0.6) is 0 Å². The van der Waals surface area contributed by atoms with Crippen molar-refractivity contribution < 1.29 is 0 Å². The molecule has 2 aromatic rings. The van der Waals surface area contributed by atoms with Gasteiger partial charge in [-0.05, 0) is 24.6 Å². The Morgan fingerprint density at radius 1 is 1.22 bits per heavy atom. The van der Waals surface area contributed by atoms with Gasteiger partial charge in [0.15, 0.2) is 0 Å². The minimum absolute atomic E-state index is 0.245. The van der Waals surface area contributed by atoms with Crippen molar-refractivity contribution >= 4 is 15.9 Å². The zero-order chi connectivity index (χ0) is 12.8. The second-order valence-electron chi connectivity index (χ2n) is 4.08. The smallest absolute Gasteiger partial charge is 0.115 e. The Hall–Kier alpha value is -1.26. The molecule has 0 aliphatic heterocycles. The quantitative estimate of drug-likeness (QED) is 0.922. The van der Waals surface area contributed by atoms with Gasteiger partial charge in [0.05, 0.1) is 0 Å². The molecule has 3 nitrogen and oxygen atoms in total. The third kappa shape index (κ3) is 3.37. The third-order valence-electron chi connectivity index (χ3n) is 2.82. The molecule has 18 heavy (non-hydrogen) atoms. The van der Waals surface area contributed by atoms with Crippen LogP contribution in [0.4, 0.5) is 0 Å². The van der Waals surface area contributed by atoms with E-state index in [2.05, 4.69) is 56.3 Å². The van der Waals surface area contributed by atoms with Crippen molar-refractivity contribution in [3.8, 4) is 0 Å². The minimum Gasteiger partial charge on any atom is -0.310 e. The van der Waals surface area contributed by atoms with Crippen molar-refractivity contribution in [2.45, 2.75) is 19.4 Å². The van der Waals surface area contributed by atoms with Gasteiger partial charge >= 0.3 is 0 Å². The van der Waals surface area contributed by atoms with Gasteiger partial charge in [0.2, 0.25) is 0 Å². The van der Waals surface area contributed by atoms with Crippen molar-refractivity contribution in [1.29, 1.82) is 0 Å². The van der Waals surface area contributed by atoms with Crippen molar-refractivity contribution in [2.24, 2.45) is 0 Å². The lowest BCUT2D eigenvalue weighted by atomic mass is 10.0.